The Balaban J connectivity index is 1.70. The van der Waals surface area contributed by atoms with Gasteiger partial charge in [-0.3, -0.25) is 9.59 Å². The Morgan fingerprint density at radius 2 is 1.80 bits per heavy atom. The van der Waals surface area contributed by atoms with Crippen LogP contribution in [-0.4, -0.2) is 27.8 Å². The van der Waals surface area contributed by atoms with Crippen molar-refractivity contribution in [1.82, 2.24) is 9.97 Å². The minimum absolute atomic E-state index is 0.153. The average molecular weight is 402 g/mol. The van der Waals surface area contributed by atoms with Gasteiger partial charge in [0.25, 0.3) is 5.91 Å². The number of amides is 2. The van der Waals surface area contributed by atoms with Crippen LogP contribution in [-0.2, 0) is 4.79 Å². The highest BCUT2D eigenvalue weighted by Gasteiger charge is 2.33. The molecule has 152 valence electrons. The summed E-state index contributed by atoms with van der Waals surface area (Å²) in [5, 5.41) is 5.88. The molecule has 0 saturated heterocycles. The molecule has 0 bridgehead atoms. The molecule has 8 nitrogen and oxygen atoms in total. The molecule has 1 saturated carbocycles. The number of anilines is 5. The zero-order chi connectivity index (χ0) is 21.1. The fourth-order valence-electron chi connectivity index (χ4n) is 3.22. The Bertz CT molecular complexity index is 1080. The third kappa shape index (κ3) is 4.38. The number of aromatic nitrogens is 2. The van der Waals surface area contributed by atoms with Gasteiger partial charge < -0.3 is 21.3 Å². The summed E-state index contributed by atoms with van der Waals surface area (Å²) in [4.78, 5) is 34.3. The predicted octanol–water partition coefficient (Wildman–Crippen LogP) is 3.58. The van der Waals surface area contributed by atoms with Crippen LogP contribution in [0.25, 0.3) is 0 Å². The lowest BCUT2D eigenvalue weighted by molar-refractivity contribution is -0.114. The number of nitrogens with two attached hydrogens (primary N) is 1. The molecule has 8 heteroatoms. The number of benzene rings is 2. The molecule has 1 aliphatic rings. The van der Waals surface area contributed by atoms with E-state index in [1.165, 1.54) is 13.1 Å². The van der Waals surface area contributed by atoms with Gasteiger partial charge in [-0.25, -0.2) is 4.98 Å². The fourth-order valence-corrected chi connectivity index (χ4v) is 3.22. The van der Waals surface area contributed by atoms with Crippen LogP contribution < -0.4 is 21.3 Å². The number of carbonyl (C=O) groups excluding carboxylic acids is 2. The lowest BCUT2D eigenvalue weighted by Gasteiger charge is -2.25. The van der Waals surface area contributed by atoms with Crippen LogP contribution in [0, 0.1) is 0 Å². The Labute approximate surface area is 174 Å². The Morgan fingerprint density at radius 3 is 2.47 bits per heavy atom. The zero-order valence-corrected chi connectivity index (χ0v) is 16.5. The number of rotatable bonds is 7. The molecule has 4 rings (SSSR count). The van der Waals surface area contributed by atoms with Crippen LogP contribution in [0.3, 0.4) is 0 Å². The maximum absolute atomic E-state index is 12.1. The molecule has 1 fully saturated rings. The maximum Gasteiger partial charge on any atom is 0.254 e. The second-order valence-corrected chi connectivity index (χ2v) is 7.12. The first-order valence-electron chi connectivity index (χ1n) is 9.67. The smallest absolute Gasteiger partial charge is 0.254 e. The monoisotopic (exact) mass is 402 g/mol. The minimum atomic E-state index is -0.578. The highest BCUT2D eigenvalue weighted by molar-refractivity contribution is 5.98. The van der Waals surface area contributed by atoms with Gasteiger partial charge in [-0.15, -0.1) is 0 Å². The molecular formula is C22H22N6O2. The standard InChI is InChI=1S/C22H22N6O2/c1-14(29)25-15-6-5-7-16(12-15)26-22-24-13-19(20(23)30)21(27-22)28(18-10-11-18)17-8-3-2-4-9-17/h2-9,12-13,18H,10-11H2,1H3,(H2,23,30)(H,25,29)(H,24,26,27). The van der Waals surface area contributed by atoms with Gasteiger partial charge in [0, 0.05) is 36.2 Å². The van der Waals surface area contributed by atoms with Crippen molar-refractivity contribution in [3.05, 3.63) is 66.4 Å². The first-order chi connectivity index (χ1) is 14.5. The molecule has 3 aromatic rings. The molecule has 0 spiro atoms. The summed E-state index contributed by atoms with van der Waals surface area (Å²) in [7, 11) is 0. The molecule has 0 atom stereocenters. The molecular weight excluding hydrogens is 380 g/mol. The van der Waals surface area contributed by atoms with Crippen LogP contribution in [0.15, 0.2) is 60.8 Å². The lowest BCUT2D eigenvalue weighted by Crippen LogP contribution is -2.26. The second-order valence-electron chi connectivity index (χ2n) is 7.12. The second kappa shape index (κ2) is 8.20. The van der Waals surface area contributed by atoms with Crippen molar-refractivity contribution in [3.8, 4) is 0 Å². The summed E-state index contributed by atoms with van der Waals surface area (Å²) < 4.78 is 0. The van der Waals surface area contributed by atoms with Crippen molar-refractivity contribution >= 4 is 40.6 Å². The highest BCUT2D eigenvalue weighted by Crippen LogP contribution is 2.39. The molecule has 1 aliphatic carbocycles. The predicted molar refractivity (Wildman–Crippen MR) is 116 cm³/mol. The zero-order valence-electron chi connectivity index (χ0n) is 16.5. The van der Waals surface area contributed by atoms with Gasteiger partial charge in [0.05, 0.1) is 0 Å². The van der Waals surface area contributed by atoms with Crippen LogP contribution in [0.1, 0.15) is 30.1 Å². The Morgan fingerprint density at radius 1 is 1.07 bits per heavy atom. The van der Waals surface area contributed by atoms with Gasteiger partial charge in [0.2, 0.25) is 11.9 Å². The summed E-state index contributed by atoms with van der Waals surface area (Å²) in [5.41, 5.74) is 8.19. The van der Waals surface area contributed by atoms with Gasteiger partial charge in [-0.1, -0.05) is 24.3 Å². The van der Waals surface area contributed by atoms with Gasteiger partial charge in [-0.05, 0) is 43.2 Å². The molecule has 1 aromatic heterocycles. The molecule has 1 heterocycles. The van der Waals surface area contributed by atoms with E-state index >= 15 is 0 Å². The van der Waals surface area contributed by atoms with E-state index in [0.717, 1.165) is 18.5 Å². The summed E-state index contributed by atoms with van der Waals surface area (Å²) >= 11 is 0. The van der Waals surface area contributed by atoms with E-state index in [2.05, 4.69) is 20.6 Å². The Hall–Kier alpha value is -3.94. The summed E-state index contributed by atoms with van der Waals surface area (Å²) in [5.74, 6) is 0.0773. The summed E-state index contributed by atoms with van der Waals surface area (Å²) in [6.07, 6.45) is 3.47. The number of nitrogens with zero attached hydrogens (tertiary/aromatic N) is 3. The largest absolute Gasteiger partial charge is 0.365 e. The first kappa shape index (κ1) is 19.4. The Kier molecular flexibility index (Phi) is 5.30. The number of hydrogen-bond donors (Lipinski definition) is 3. The van der Waals surface area contributed by atoms with Crippen molar-refractivity contribution in [1.29, 1.82) is 0 Å². The van der Waals surface area contributed by atoms with Crippen LogP contribution in [0.4, 0.5) is 28.8 Å². The van der Waals surface area contributed by atoms with Crippen molar-refractivity contribution in [2.45, 2.75) is 25.8 Å². The topological polar surface area (TPSA) is 113 Å². The van der Waals surface area contributed by atoms with Gasteiger partial charge in [0.1, 0.15) is 5.56 Å². The number of carbonyl (C=O) groups is 2. The normalized spacial score (nSPS) is 12.8. The molecule has 0 radical (unpaired) electrons. The number of nitrogens with one attached hydrogen (secondary N) is 2. The van der Waals surface area contributed by atoms with E-state index < -0.39 is 5.91 Å². The van der Waals surface area contributed by atoms with E-state index in [9.17, 15) is 9.59 Å². The summed E-state index contributed by atoms with van der Waals surface area (Å²) in [6, 6.07) is 17.3. The molecule has 30 heavy (non-hydrogen) atoms. The van der Waals surface area contributed by atoms with Crippen LogP contribution in [0.2, 0.25) is 0 Å². The first-order valence-corrected chi connectivity index (χ1v) is 9.67. The molecule has 0 unspecified atom stereocenters. The highest BCUT2D eigenvalue weighted by atomic mass is 16.1. The number of hydrogen-bond acceptors (Lipinski definition) is 6. The molecule has 2 aromatic carbocycles. The minimum Gasteiger partial charge on any atom is -0.365 e. The van der Waals surface area contributed by atoms with Gasteiger partial charge >= 0.3 is 0 Å². The third-order valence-corrected chi connectivity index (χ3v) is 4.65. The maximum atomic E-state index is 12.1. The molecule has 2 amide bonds. The van der Waals surface area contributed by atoms with Crippen LogP contribution in [0.5, 0.6) is 0 Å². The SMILES string of the molecule is CC(=O)Nc1cccc(Nc2ncc(C(N)=O)c(N(c3ccccc3)C3CC3)n2)c1. The van der Waals surface area contributed by atoms with E-state index in [0.29, 0.717) is 23.1 Å². The van der Waals surface area contributed by atoms with Crippen LogP contribution >= 0.6 is 0 Å². The van der Waals surface area contributed by atoms with Crippen molar-refractivity contribution in [3.63, 3.8) is 0 Å². The van der Waals surface area contributed by atoms with Gasteiger partial charge in [-0.2, -0.15) is 4.98 Å². The third-order valence-electron chi connectivity index (χ3n) is 4.65. The van der Waals surface area contributed by atoms with Gasteiger partial charge in [0.15, 0.2) is 5.82 Å². The fraction of sp³-hybridized carbons (Fsp3) is 0.182. The van der Waals surface area contributed by atoms with E-state index in [1.54, 1.807) is 12.1 Å². The van der Waals surface area contributed by atoms with Crippen molar-refractivity contribution in [2.24, 2.45) is 5.73 Å². The number of primary amides is 1. The van der Waals surface area contributed by atoms with Crippen molar-refractivity contribution < 1.29 is 9.59 Å². The molecule has 0 aliphatic heterocycles. The average Bonchev–Trinajstić information content (AvgIpc) is 3.54. The molecule has 4 N–H and O–H groups in total. The van der Waals surface area contributed by atoms with E-state index in [4.69, 9.17) is 5.73 Å². The van der Waals surface area contributed by atoms with E-state index in [-0.39, 0.29) is 17.5 Å². The lowest BCUT2D eigenvalue weighted by atomic mass is 10.2. The summed E-state index contributed by atoms with van der Waals surface area (Å²) in [6.45, 7) is 1.45. The quantitative estimate of drug-likeness (QED) is 0.557. The van der Waals surface area contributed by atoms with E-state index in [1.807, 2.05) is 47.4 Å². The van der Waals surface area contributed by atoms with Crippen molar-refractivity contribution in [2.75, 3.05) is 15.5 Å². The number of para-hydroxylation sites is 1.